The van der Waals surface area contributed by atoms with E-state index in [1.807, 2.05) is 13.8 Å². The molecular weight excluding hydrogens is 260 g/mol. The van der Waals surface area contributed by atoms with Crippen LogP contribution in [-0.4, -0.2) is 23.6 Å². The minimum absolute atomic E-state index is 0.123. The van der Waals surface area contributed by atoms with Crippen molar-refractivity contribution in [1.29, 1.82) is 0 Å². The Morgan fingerprint density at radius 3 is 2.70 bits per heavy atom. The molecule has 4 heterocycles. The summed E-state index contributed by atoms with van der Waals surface area (Å²) in [5.74, 6) is -0.137. The van der Waals surface area contributed by atoms with E-state index in [0.717, 1.165) is 25.7 Å². The molecule has 5 rings (SSSR count). The summed E-state index contributed by atoms with van der Waals surface area (Å²) in [6.07, 6.45) is 3.24. The second-order valence-electron chi connectivity index (χ2n) is 7.14. The molecule has 20 heavy (non-hydrogen) atoms. The fraction of sp³-hybridized carbons (Fsp3) is 0.933. The number of carbonyl (C=O) groups excluding carboxylic acids is 1. The minimum Gasteiger partial charge on any atom is -0.432 e. The van der Waals surface area contributed by atoms with Crippen LogP contribution >= 0.6 is 0 Å². The molecular formula is C15H22O5. The van der Waals surface area contributed by atoms with Crippen LogP contribution in [-0.2, 0) is 24.0 Å². The molecule has 5 heteroatoms. The van der Waals surface area contributed by atoms with Crippen molar-refractivity contribution in [1.82, 2.24) is 0 Å². The van der Waals surface area contributed by atoms with Crippen molar-refractivity contribution in [3.05, 3.63) is 0 Å². The van der Waals surface area contributed by atoms with Crippen molar-refractivity contribution in [2.45, 2.75) is 64.1 Å². The summed E-state index contributed by atoms with van der Waals surface area (Å²) in [6.45, 7) is 6.06. The van der Waals surface area contributed by atoms with Gasteiger partial charge in [0.25, 0.3) is 0 Å². The standard InChI is InChI=1S/C15H22O5/c1-8-4-5-11-9(2)12(16)17-13-15(11)10(8)6-7-14(3,18-13)19-20-15/h8-11,13H,4-7H2,1-3H3/t8-,9+,10-,11+,13+,14+,15-/m1/s1. The van der Waals surface area contributed by atoms with Crippen LogP contribution in [0.5, 0.6) is 0 Å². The lowest BCUT2D eigenvalue weighted by Gasteiger charge is -2.57. The molecule has 0 radical (unpaired) electrons. The molecule has 4 aliphatic heterocycles. The van der Waals surface area contributed by atoms with Crippen LogP contribution in [0.2, 0.25) is 0 Å². The predicted molar refractivity (Wildman–Crippen MR) is 68.0 cm³/mol. The summed E-state index contributed by atoms with van der Waals surface area (Å²) in [7, 11) is 0. The van der Waals surface area contributed by atoms with Crippen molar-refractivity contribution in [2.24, 2.45) is 23.7 Å². The topological polar surface area (TPSA) is 54.0 Å². The predicted octanol–water partition coefficient (Wildman–Crippen LogP) is 2.39. The molecule has 5 nitrogen and oxygen atoms in total. The summed E-state index contributed by atoms with van der Waals surface area (Å²) in [5, 5.41) is 0. The Kier molecular flexibility index (Phi) is 2.58. The number of hydrogen-bond acceptors (Lipinski definition) is 5. The Labute approximate surface area is 118 Å². The molecule has 5 aliphatic rings. The van der Waals surface area contributed by atoms with Crippen molar-refractivity contribution in [3.63, 3.8) is 0 Å². The largest absolute Gasteiger partial charge is 0.432 e. The van der Waals surface area contributed by atoms with E-state index in [1.54, 1.807) is 0 Å². The van der Waals surface area contributed by atoms with Gasteiger partial charge in [0.05, 0.1) is 5.92 Å². The summed E-state index contributed by atoms with van der Waals surface area (Å²) < 4.78 is 11.6. The molecule has 2 bridgehead atoms. The van der Waals surface area contributed by atoms with Gasteiger partial charge in [-0.25, -0.2) is 9.78 Å². The fourth-order valence-corrected chi connectivity index (χ4v) is 4.76. The first-order valence-electron chi connectivity index (χ1n) is 7.71. The third-order valence-electron chi connectivity index (χ3n) is 5.97. The average molecular weight is 282 g/mol. The van der Waals surface area contributed by atoms with Gasteiger partial charge < -0.3 is 9.47 Å². The van der Waals surface area contributed by atoms with Gasteiger partial charge in [-0.2, -0.15) is 0 Å². The van der Waals surface area contributed by atoms with Gasteiger partial charge in [0.15, 0.2) is 5.60 Å². The Bertz CT molecular complexity index is 452. The molecule has 4 saturated heterocycles. The SMILES string of the molecule is C[C@@H]1CC[C@H]2[C@H](C)C(=O)O[C@H]3O[C@]4(C)CC[C@H]1[C@]32OO4. The highest BCUT2D eigenvalue weighted by atomic mass is 17.3. The van der Waals surface area contributed by atoms with Crippen molar-refractivity contribution in [2.75, 3.05) is 0 Å². The molecule has 1 saturated carbocycles. The quantitative estimate of drug-likeness (QED) is 0.504. The normalized spacial score (nSPS) is 57.8. The first-order valence-corrected chi connectivity index (χ1v) is 7.71. The van der Waals surface area contributed by atoms with E-state index in [2.05, 4.69) is 6.92 Å². The van der Waals surface area contributed by atoms with Crippen LogP contribution < -0.4 is 0 Å². The first kappa shape index (κ1) is 13.0. The Morgan fingerprint density at radius 1 is 1.10 bits per heavy atom. The third kappa shape index (κ3) is 1.46. The lowest BCUT2D eigenvalue weighted by molar-refractivity contribution is -0.559. The zero-order valence-corrected chi connectivity index (χ0v) is 12.3. The Balaban J connectivity index is 1.84. The Hall–Kier alpha value is -0.650. The zero-order chi connectivity index (χ0) is 14.1. The molecule has 1 spiro atoms. The van der Waals surface area contributed by atoms with Crippen LogP contribution in [0, 0.1) is 23.7 Å². The van der Waals surface area contributed by atoms with Gasteiger partial charge in [0.1, 0.15) is 0 Å². The lowest BCUT2D eigenvalue weighted by atomic mass is 9.58. The van der Waals surface area contributed by atoms with Gasteiger partial charge in [-0.05, 0) is 32.1 Å². The molecule has 7 atom stereocenters. The highest BCUT2D eigenvalue weighted by Crippen LogP contribution is 2.59. The summed E-state index contributed by atoms with van der Waals surface area (Å²) >= 11 is 0. The first-order chi connectivity index (χ1) is 9.46. The molecule has 5 fully saturated rings. The number of carbonyl (C=O) groups is 1. The highest BCUT2D eigenvalue weighted by molar-refractivity contribution is 5.74. The number of rotatable bonds is 0. The van der Waals surface area contributed by atoms with E-state index >= 15 is 0 Å². The van der Waals surface area contributed by atoms with E-state index in [4.69, 9.17) is 19.2 Å². The third-order valence-corrected chi connectivity index (χ3v) is 5.97. The summed E-state index contributed by atoms with van der Waals surface area (Å²) in [5.41, 5.74) is -0.610. The molecule has 0 N–H and O–H groups in total. The van der Waals surface area contributed by atoms with Crippen LogP contribution in [0.4, 0.5) is 0 Å². The van der Waals surface area contributed by atoms with E-state index in [-0.39, 0.29) is 17.8 Å². The van der Waals surface area contributed by atoms with E-state index in [9.17, 15) is 4.79 Å². The van der Waals surface area contributed by atoms with Crippen molar-refractivity contribution < 1.29 is 24.0 Å². The molecule has 0 aromatic rings. The molecule has 0 unspecified atom stereocenters. The molecule has 112 valence electrons. The average Bonchev–Trinajstić information content (AvgIpc) is 2.63. The van der Waals surface area contributed by atoms with E-state index in [0.29, 0.717) is 11.8 Å². The maximum absolute atomic E-state index is 12.1. The number of ether oxygens (including phenoxy) is 2. The number of hydrogen-bond donors (Lipinski definition) is 0. The monoisotopic (exact) mass is 282 g/mol. The number of esters is 1. The molecule has 1 aliphatic carbocycles. The molecule has 0 aromatic carbocycles. The fourth-order valence-electron chi connectivity index (χ4n) is 4.76. The van der Waals surface area contributed by atoms with Crippen LogP contribution in [0.3, 0.4) is 0 Å². The second-order valence-corrected chi connectivity index (χ2v) is 7.14. The summed E-state index contributed by atoms with van der Waals surface area (Å²) in [4.78, 5) is 23.7. The molecule has 0 amide bonds. The minimum atomic E-state index is -0.793. The number of fused-ring (bicyclic) bond motifs is 2. The van der Waals surface area contributed by atoms with Crippen molar-refractivity contribution in [3.8, 4) is 0 Å². The maximum Gasteiger partial charge on any atom is 0.311 e. The molecule has 0 aromatic heterocycles. The van der Waals surface area contributed by atoms with Gasteiger partial charge in [-0.15, -0.1) is 0 Å². The highest BCUT2D eigenvalue weighted by Gasteiger charge is 2.69. The van der Waals surface area contributed by atoms with Gasteiger partial charge in [0, 0.05) is 18.3 Å². The van der Waals surface area contributed by atoms with Crippen LogP contribution in [0.15, 0.2) is 0 Å². The zero-order valence-electron chi connectivity index (χ0n) is 12.3. The summed E-state index contributed by atoms with van der Waals surface area (Å²) in [6, 6.07) is 0. The smallest absolute Gasteiger partial charge is 0.311 e. The van der Waals surface area contributed by atoms with Gasteiger partial charge in [-0.1, -0.05) is 13.8 Å². The van der Waals surface area contributed by atoms with Gasteiger partial charge >= 0.3 is 5.97 Å². The Morgan fingerprint density at radius 2 is 1.90 bits per heavy atom. The van der Waals surface area contributed by atoms with Gasteiger partial charge in [0.2, 0.25) is 12.1 Å². The van der Waals surface area contributed by atoms with E-state index in [1.165, 1.54) is 0 Å². The lowest BCUT2D eigenvalue weighted by Crippen LogP contribution is -2.69. The van der Waals surface area contributed by atoms with Crippen molar-refractivity contribution >= 4 is 5.97 Å². The van der Waals surface area contributed by atoms with Crippen LogP contribution in [0.25, 0.3) is 0 Å². The van der Waals surface area contributed by atoms with E-state index < -0.39 is 17.7 Å². The maximum atomic E-state index is 12.1. The van der Waals surface area contributed by atoms with Crippen LogP contribution in [0.1, 0.15) is 46.5 Å². The van der Waals surface area contributed by atoms with Gasteiger partial charge in [-0.3, -0.25) is 4.79 Å². The second kappa shape index (κ2) is 3.96.